The van der Waals surface area contributed by atoms with Gasteiger partial charge in [-0.1, -0.05) is 6.07 Å². The van der Waals surface area contributed by atoms with Gasteiger partial charge in [0, 0.05) is 30.2 Å². The number of hydrogen-bond acceptors (Lipinski definition) is 7. The number of thiophene rings is 1. The van der Waals surface area contributed by atoms with Crippen LogP contribution >= 0.6 is 11.3 Å². The van der Waals surface area contributed by atoms with Gasteiger partial charge in [0.25, 0.3) is 5.91 Å². The zero-order valence-corrected chi connectivity index (χ0v) is 18.2. The monoisotopic (exact) mass is 449 g/mol. The lowest BCUT2D eigenvalue weighted by Crippen LogP contribution is -2.43. The van der Waals surface area contributed by atoms with Gasteiger partial charge in [-0.3, -0.25) is 4.79 Å². The molecule has 3 aromatic rings. The number of ether oxygens (including phenoxy) is 1. The second-order valence-corrected chi connectivity index (χ2v) is 10.1. The number of amides is 1. The van der Waals surface area contributed by atoms with Crippen LogP contribution in [-0.4, -0.2) is 72.0 Å². The number of aromatic nitrogens is 3. The van der Waals surface area contributed by atoms with Gasteiger partial charge in [0.1, 0.15) is 0 Å². The van der Waals surface area contributed by atoms with Crippen LogP contribution in [-0.2, 0) is 21.3 Å². The maximum absolute atomic E-state index is 12.8. The minimum atomic E-state index is -3.43. The van der Waals surface area contributed by atoms with Crippen LogP contribution in [0.2, 0.25) is 0 Å². The van der Waals surface area contributed by atoms with Crippen molar-refractivity contribution in [3.8, 4) is 0 Å². The molecule has 0 aliphatic carbocycles. The fourth-order valence-corrected chi connectivity index (χ4v) is 5.38. The summed E-state index contributed by atoms with van der Waals surface area (Å²) in [6.45, 7) is 3.93. The van der Waals surface area contributed by atoms with E-state index >= 15 is 0 Å². The van der Waals surface area contributed by atoms with Gasteiger partial charge >= 0.3 is 0 Å². The molecule has 11 heteroatoms. The van der Waals surface area contributed by atoms with Gasteiger partial charge in [-0.05, 0) is 24.4 Å². The average Bonchev–Trinajstić information content (AvgIpc) is 3.38. The number of carbonyl (C=O) groups is 1. The number of sulfonamides is 1. The first-order chi connectivity index (χ1) is 14.4. The maximum Gasteiger partial charge on any atom is 0.252 e. The van der Waals surface area contributed by atoms with E-state index in [1.165, 1.54) is 4.31 Å². The van der Waals surface area contributed by atoms with E-state index in [-0.39, 0.29) is 18.2 Å². The third-order valence-corrected chi connectivity index (χ3v) is 7.61. The first-order valence-electron chi connectivity index (χ1n) is 9.63. The zero-order chi connectivity index (χ0) is 21.1. The number of fused-ring (bicyclic) bond motifs is 1. The number of pyridine rings is 1. The molecule has 4 heterocycles. The van der Waals surface area contributed by atoms with Crippen molar-refractivity contribution in [3.63, 3.8) is 0 Å². The number of nitrogens with zero attached hydrogens (tertiary/aromatic N) is 4. The van der Waals surface area contributed by atoms with Crippen LogP contribution < -0.4 is 5.32 Å². The molecule has 0 spiro atoms. The lowest BCUT2D eigenvalue weighted by Gasteiger charge is -2.26. The van der Waals surface area contributed by atoms with E-state index in [0.717, 1.165) is 4.88 Å². The fourth-order valence-electron chi connectivity index (χ4n) is 3.37. The molecule has 0 bridgehead atoms. The van der Waals surface area contributed by atoms with E-state index in [4.69, 9.17) is 4.74 Å². The molecule has 4 rings (SSSR count). The molecule has 160 valence electrons. The van der Waals surface area contributed by atoms with E-state index < -0.39 is 10.0 Å². The molecule has 1 fully saturated rings. The Morgan fingerprint density at radius 1 is 1.33 bits per heavy atom. The van der Waals surface area contributed by atoms with Crippen LogP contribution in [0.4, 0.5) is 0 Å². The second kappa shape index (κ2) is 8.80. The highest BCUT2D eigenvalue weighted by Crippen LogP contribution is 2.20. The van der Waals surface area contributed by atoms with Crippen molar-refractivity contribution in [2.75, 3.05) is 38.6 Å². The van der Waals surface area contributed by atoms with Gasteiger partial charge < -0.3 is 10.1 Å². The van der Waals surface area contributed by atoms with E-state index in [1.807, 2.05) is 24.4 Å². The molecule has 0 saturated carbocycles. The number of hydrogen-bond donors (Lipinski definition) is 1. The molecule has 1 aliphatic rings. The molecule has 30 heavy (non-hydrogen) atoms. The molecule has 0 atom stereocenters. The summed E-state index contributed by atoms with van der Waals surface area (Å²) in [5.41, 5.74) is 1.77. The smallest absolute Gasteiger partial charge is 0.252 e. The predicted molar refractivity (Wildman–Crippen MR) is 114 cm³/mol. The Kier molecular flexibility index (Phi) is 6.14. The van der Waals surface area contributed by atoms with Crippen LogP contribution in [0.25, 0.3) is 11.0 Å². The van der Waals surface area contributed by atoms with Crippen LogP contribution in [0, 0.1) is 6.92 Å². The molecule has 0 radical (unpaired) electrons. The summed E-state index contributed by atoms with van der Waals surface area (Å²) in [4.78, 5) is 18.5. The van der Waals surface area contributed by atoms with Crippen molar-refractivity contribution in [1.29, 1.82) is 0 Å². The Hall–Kier alpha value is -2.34. The largest absolute Gasteiger partial charge is 0.379 e. The molecule has 0 aromatic carbocycles. The Morgan fingerprint density at radius 3 is 2.87 bits per heavy atom. The second-order valence-electron chi connectivity index (χ2n) is 7.01. The first-order valence-corrected chi connectivity index (χ1v) is 12.1. The number of carbonyl (C=O) groups excluding carboxylic acids is 1. The van der Waals surface area contributed by atoms with Crippen LogP contribution in [0.5, 0.6) is 0 Å². The molecule has 1 saturated heterocycles. The van der Waals surface area contributed by atoms with Crippen molar-refractivity contribution in [1.82, 2.24) is 24.4 Å². The number of nitrogens with one attached hydrogen (secondary N) is 1. The third-order valence-electron chi connectivity index (χ3n) is 4.88. The predicted octanol–water partition coefficient (Wildman–Crippen LogP) is 1.24. The molecule has 3 aromatic heterocycles. The fraction of sp³-hybridized carbons (Fsp3) is 0.421. The highest BCUT2D eigenvalue weighted by molar-refractivity contribution is 7.89. The van der Waals surface area contributed by atoms with Crippen LogP contribution in [0.3, 0.4) is 0 Å². The highest BCUT2D eigenvalue weighted by atomic mass is 32.2. The molecule has 1 N–H and O–H groups in total. The summed E-state index contributed by atoms with van der Waals surface area (Å²) < 4.78 is 33.2. The summed E-state index contributed by atoms with van der Waals surface area (Å²) in [6, 6.07) is 5.70. The van der Waals surface area contributed by atoms with Gasteiger partial charge in [0.2, 0.25) is 10.0 Å². The van der Waals surface area contributed by atoms with Crippen LogP contribution in [0.1, 0.15) is 20.9 Å². The molecule has 9 nitrogen and oxygen atoms in total. The number of aryl methyl sites for hydroxylation is 1. The molecular formula is C19H23N5O4S2. The maximum atomic E-state index is 12.8. The van der Waals surface area contributed by atoms with Crippen molar-refractivity contribution < 1.29 is 17.9 Å². The van der Waals surface area contributed by atoms with Crippen LogP contribution in [0.15, 0.2) is 29.8 Å². The Bertz CT molecular complexity index is 1140. The normalized spacial score (nSPS) is 15.5. The number of morpholine rings is 1. The van der Waals surface area contributed by atoms with E-state index in [1.54, 1.807) is 28.3 Å². The average molecular weight is 450 g/mol. The van der Waals surface area contributed by atoms with Crippen molar-refractivity contribution in [2.24, 2.45) is 0 Å². The van der Waals surface area contributed by atoms with Crippen molar-refractivity contribution in [3.05, 3.63) is 45.9 Å². The molecular weight excluding hydrogens is 426 g/mol. The number of rotatable bonds is 7. The van der Waals surface area contributed by atoms with Crippen molar-refractivity contribution >= 4 is 38.3 Å². The quantitative estimate of drug-likeness (QED) is 0.582. The molecule has 1 amide bonds. The minimum absolute atomic E-state index is 0.0325. The molecule has 0 unspecified atom stereocenters. The summed E-state index contributed by atoms with van der Waals surface area (Å²) in [5, 5.41) is 9.78. The van der Waals surface area contributed by atoms with Gasteiger partial charge in [0.15, 0.2) is 5.65 Å². The zero-order valence-electron chi connectivity index (χ0n) is 16.6. The lowest BCUT2D eigenvalue weighted by molar-refractivity contribution is 0.0730. The minimum Gasteiger partial charge on any atom is -0.379 e. The topological polar surface area (TPSA) is 106 Å². The van der Waals surface area contributed by atoms with Gasteiger partial charge in [0.05, 0.1) is 42.7 Å². The summed E-state index contributed by atoms with van der Waals surface area (Å²) in [7, 11) is -3.43. The van der Waals surface area contributed by atoms with E-state index in [9.17, 15) is 13.2 Å². The van der Waals surface area contributed by atoms with Gasteiger partial charge in [-0.25, -0.2) is 18.1 Å². The van der Waals surface area contributed by atoms with Crippen molar-refractivity contribution in [2.45, 2.75) is 13.5 Å². The lowest BCUT2D eigenvalue weighted by atomic mass is 10.1. The Labute approximate surface area is 178 Å². The highest BCUT2D eigenvalue weighted by Gasteiger charge is 2.24. The SMILES string of the molecule is Cc1cc(C(=O)NCCS(=O)(=O)N2CCOCC2)c2cnn(Cc3cccs3)c2n1. The first kappa shape index (κ1) is 20.9. The Morgan fingerprint density at radius 2 is 2.13 bits per heavy atom. The standard InChI is InChI=1S/C19H23N5O4S2/c1-14-11-16(17-12-21-24(18(17)22-14)13-15-3-2-9-29-15)19(25)20-4-10-30(26,27)23-5-7-28-8-6-23/h2-3,9,11-12H,4-8,10,13H2,1H3,(H,20,25). The third kappa shape index (κ3) is 4.53. The summed E-state index contributed by atoms with van der Waals surface area (Å²) in [5.74, 6) is -0.484. The molecule has 1 aliphatic heterocycles. The van der Waals surface area contributed by atoms with Gasteiger partial charge in [-0.2, -0.15) is 9.40 Å². The van der Waals surface area contributed by atoms with E-state index in [2.05, 4.69) is 15.4 Å². The summed E-state index contributed by atoms with van der Waals surface area (Å²) >= 11 is 1.63. The van der Waals surface area contributed by atoms with E-state index in [0.29, 0.717) is 55.1 Å². The Balaban J connectivity index is 1.47. The summed E-state index contributed by atoms with van der Waals surface area (Å²) in [6.07, 6.45) is 1.63. The van der Waals surface area contributed by atoms with Gasteiger partial charge in [-0.15, -0.1) is 11.3 Å².